The second-order valence-corrected chi connectivity index (χ2v) is 5.04. The van der Waals surface area contributed by atoms with Crippen LogP contribution in [-0.2, 0) is 16.6 Å². The average Bonchev–Trinajstić information content (AvgIpc) is 2.72. The molecule has 0 spiro atoms. The quantitative estimate of drug-likeness (QED) is 0.743. The summed E-state index contributed by atoms with van der Waals surface area (Å²) in [6.45, 7) is 0. The summed E-state index contributed by atoms with van der Waals surface area (Å²) in [4.78, 5) is 1.15. The fourth-order valence-electron chi connectivity index (χ4n) is 1.67. The minimum Gasteiger partial charge on any atom is -0.254 e. The summed E-state index contributed by atoms with van der Waals surface area (Å²) in [5.74, 6) is 0.673. The molecule has 0 N–H and O–H groups in total. The molecule has 0 bridgehead atoms. The molecule has 14 heavy (non-hydrogen) atoms. The molecule has 0 amide bonds. The highest BCUT2D eigenvalue weighted by atomic mass is 32.2. The average molecular weight is 206 g/mol. The van der Waals surface area contributed by atoms with Crippen molar-refractivity contribution in [1.29, 1.82) is 0 Å². The van der Waals surface area contributed by atoms with Crippen molar-refractivity contribution in [1.82, 2.24) is 0 Å². The first-order valence-corrected chi connectivity index (χ1v) is 6.29. The summed E-state index contributed by atoms with van der Waals surface area (Å²) in [5.41, 5.74) is 1.17. The highest BCUT2D eigenvalue weighted by Crippen LogP contribution is 2.22. The summed E-state index contributed by atoms with van der Waals surface area (Å²) >= 11 is 0. The molecule has 2 heteroatoms. The van der Waals surface area contributed by atoms with Crippen LogP contribution in [0.2, 0.25) is 0 Å². The van der Waals surface area contributed by atoms with Gasteiger partial charge in [-0.2, -0.15) is 0 Å². The van der Waals surface area contributed by atoms with Gasteiger partial charge in [-0.3, -0.25) is 4.21 Å². The van der Waals surface area contributed by atoms with Gasteiger partial charge in [-0.05, 0) is 24.8 Å². The lowest BCUT2D eigenvalue weighted by Crippen LogP contribution is -1.96. The first-order chi connectivity index (χ1) is 6.86. The van der Waals surface area contributed by atoms with E-state index < -0.39 is 10.8 Å². The third-order valence-electron chi connectivity index (χ3n) is 2.43. The smallest absolute Gasteiger partial charge is 0.0529 e. The Hall–Kier alpha value is -0.890. The SMILES string of the molecule is O=S(Cc1ccccc1)C1=CCCC1. The lowest BCUT2D eigenvalue weighted by atomic mass is 10.2. The van der Waals surface area contributed by atoms with Gasteiger partial charge in [-0.15, -0.1) is 0 Å². The van der Waals surface area contributed by atoms with Crippen LogP contribution in [0.25, 0.3) is 0 Å². The summed E-state index contributed by atoms with van der Waals surface area (Å²) in [6, 6.07) is 10.0. The van der Waals surface area contributed by atoms with Crippen LogP contribution in [0, 0.1) is 0 Å². The Morgan fingerprint density at radius 3 is 2.64 bits per heavy atom. The Labute approximate surface area is 87.3 Å². The van der Waals surface area contributed by atoms with E-state index in [1.807, 2.05) is 30.3 Å². The van der Waals surface area contributed by atoms with E-state index in [1.54, 1.807) is 0 Å². The summed E-state index contributed by atoms with van der Waals surface area (Å²) in [6.07, 6.45) is 5.45. The predicted octanol–water partition coefficient (Wildman–Crippen LogP) is 3.00. The van der Waals surface area contributed by atoms with Crippen LogP contribution >= 0.6 is 0 Å². The molecule has 2 rings (SSSR count). The standard InChI is InChI=1S/C12H14OS/c13-14(12-8-4-5-9-12)10-11-6-2-1-3-7-11/h1-3,6-8H,4-5,9-10H2. The Bertz CT molecular complexity index is 354. The van der Waals surface area contributed by atoms with Gasteiger partial charge in [0.15, 0.2) is 0 Å². The molecule has 0 saturated heterocycles. The zero-order valence-corrected chi connectivity index (χ0v) is 8.93. The Morgan fingerprint density at radius 1 is 1.21 bits per heavy atom. The van der Waals surface area contributed by atoms with Crippen molar-refractivity contribution in [3.63, 3.8) is 0 Å². The monoisotopic (exact) mass is 206 g/mol. The molecule has 0 aliphatic heterocycles. The van der Waals surface area contributed by atoms with Crippen LogP contribution in [0.4, 0.5) is 0 Å². The number of benzene rings is 1. The molecule has 1 atom stereocenters. The Morgan fingerprint density at radius 2 is 2.00 bits per heavy atom. The van der Waals surface area contributed by atoms with Gasteiger partial charge in [0.2, 0.25) is 0 Å². The van der Waals surface area contributed by atoms with Crippen molar-refractivity contribution in [2.75, 3.05) is 0 Å². The van der Waals surface area contributed by atoms with E-state index in [2.05, 4.69) is 6.08 Å². The Kier molecular flexibility index (Phi) is 3.14. The van der Waals surface area contributed by atoms with Gasteiger partial charge < -0.3 is 0 Å². The van der Waals surface area contributed by atoms with Crippen LogP contribution in [0.3, 0.4) is 0 Å². The lowest BCUT2D eigenvalue weighted by molar-refractivity contribution is 0.685. The largest absolute Gasteiger partial charge is 0.254 e. The molecule has 0 saturated carbocycles. The third kappa shape index (κ3) is 2.32. The number of hydrogen-bond donors (Lipinski definition) is 0. The minimum absolute atomic E-state index is 0.673. The van der Waals surface area contributed by atoms with E-state index in [4.69, 9.17) is 0 Å². The van der Waals surface area contributed by atoms with Crippen LogP contribution in [0.1, 0.15) is 24.8 Å². The number of allylic oxidation sites excluding steroid dienone is 2. The molecule has 1 unspecified atom stereocenters. The van der Waals surface area contributed by atoms with Gasteiger partial charge in [0.25, 0.3) is 0 Å². The maximum Gasteiger partial charge on any atom is 0.0529 e. The third-order valence-corrected chi connectivity index (χ3v) is 3.98. The fraction of sp³-hybridized carbons (Fsp3) is 0.333. The van der Waals surface area contributed by atoms with Crippen molar-refractivity contribution >= 4 is 10.8 Å². The minimum atomic E-state index is -0.785. The van der Waals surface area contributed by atoms with E-state index in [0.29, 0.717) is 5.75 Å². The molecule has 74 valence electrons. The van der Waals surface area contributed by atoms with E-state index in [1.165, 1.54) is 12.0 Å². The van der Waals surface area contributed by atoms with Crippen LogP contribution in [-0.4, -0.2) is 4.21 Å². The summed E-state index contributed by atoms with van der Waals surface area (Å²) in [7, 11) is -0.785. The fourth-order valence-corrected chi connectivity index (χ4v) is 3.02. The zero-order chi connectivity index (χ0) is 9.80. The molecule has 0 fully saturated rings. The summed E-state index contributed by atoms with van der Waals surface area (Å²) in [5, 5.41) is 0. The van der Waals surface area contributed by atoms with E-state index in [9.17, 15) is 4.21 Å². The van der Waals surface area contributed by atoms with Gasteiger partial charge >= 0.3 is 0 Å². The van der Waals surface area contributed by atoms with Gasteiger partial charge in [0, 0.05) is 4.91 Å². The zero-order valence-electron chi connectivity index (χ0n) is 8.11. The lowest BCUT2D eigenvalue weighted by Gasteiger charge is -2.02. The topological polar surface area (TPSA) is 17.1 Å². The maximum absolute atomic E-state index is 11.9. The molecule has 0 heterocycles. The van der Waals surface area contributed by atoms with Crippen LogP contribution < -0.4 is 0 Å². The first kappa shape index (κ1) is 9.66. The van der Waals surface area contributed by atoms with Gasteiger partial charge in [-0.25, -0.2) is 0 Å². The van der Waals surface area contributed by atoms with E-state index in [-0.39, 0.29) is 0 Å². The van der Waals surface area contributed by atoms with E-state index in [0.717, 1.165) is 17.7 Å². The molecule has 1 aliphatic rings. The highest BCUT2D eigenvalue weighted by molar-refractivity contribution is 7.88. The van der Waals surface area contributed by atoms with Crippen molar-refractivity contribution < 1.29 is 4.21 Å². The molecule has 1 nitrogen and oxygen atoms in total. The Balaban J connectivity index is 2.01. The predicted molar refractivity (Wildman–Crippen MR) is 60.2 cm³/mol. The summed E-state index contributed by atoms with van der Waals surface area (Å²) < 4.78 is 11.9. The highest BCUT2D eigenvalue weighted by Gasteiger charge is 2.11. The van der Waals surface area contributed by atoms with E-state index >= 15 is 0 Å². The number of hydrogen-bond acceptors (Lipinski definition) is 1. The molecule has 1 aromatic carbocycles. The second-order valence-electron chi connectivity index (χ2n) is 3.54. The van der Waals surface area contributed by atoms with Crippen molar-refractivity contribution in [2.45, 2.75) is 25.0 Å². The van der Waals surface area contributed by atoms with Crippen molar-refractivity contribution in [2.24, 2.45) is 0 Å². The van der Waals surface area contributed by atoms with Crippen LogP contribution in [0.5, 0.6) is 0 Å². The van der Waals surface area contributed by atoms with Gasteiger partial charge in [0.05, 0.1) is 16.6 Å². The molecule has 0 aromatic heterocycles. The second kappa shape index (κ2) is 4.56. The normalized spacial score (nSPS) is 17.9. The molecular formula is C12H14OS. The molecule has 1 aliphatic carbocycles. The molecule has 1 aromatic rings. The maximum atomic E-state index is 11.9. The van der Waals surface area contributed by atoms with Crippen molar-refractivity contribution in [3.8, 4) is 0 Å². The number of rotatable bonds is 3. The van der Waals surface area contributed by atoms with Gasteiger partial charge in [-0.1, -0.05) is 36.4 Å². The van der Waals surface area contributed by atoms with Crippen LogP contribution in [0.15, 0.2) is 41.3 Å². The molecular weight excluding hydrogens is 192 g/mol. The molecule has 0 radical (unpaired) electrons. The van der Waals surface area contributed by atoms with Crippen molar-refractivity contribution in [3.05, 3.63) is 46.9 Å². The van der Waals surface area contributed by atoms with Gasteiger partial charge in [0.1, 0.15) is 0 Å². The first-order valence-electron chi connectivity index (χ1n) is 4.97.